The highest BCUT2D eigenvalue weighted by molar-refractivity contribution is 14.0. The van der Waals surface area contributed by atoms with Crippen molar-refractivity contribution in [1.82, 2.24) is 20.5 Å². The minimum absolute atomic E-state index is 0. The molecule has 1 saturated heterocycles. The van der Waals surface area contributed by atoms with Crippen LogP contribution in [0.1, 0.15) is 10.7 Å². The summed E-state index contributed by atoms with van der Waals surface area (Å²) in [6.45, 7) is 5.16. The molecule has 6 nitrogen and oxygen atoms in total. The molecular weight excluding hydrogens is 547 g/mol. The molecule has 1 aromatic heterocycles. The maximum absolute atomic E-state index is 13.1. The van der Waals surface area contributed by atoms with Gasteiger partial charge >= 0.3 is 6.18 Å². The monoisotopic (exact) mass is 572 g/mol. The molecule has 1 aliphatic rings. The lowest BCUT2D eigenvalue weighted by Crippen LogP contribution is -2.49. The summed E-state index contributed by atoms with van der Waals surface area (Å²) in [6.07, 6.45) is -4.42. The Kier molecular flexibility index (Phi) is 9.75. The van der Waals surface area contributed by atoms with Crippen LogP contribution in [0, 0.1) is 5.82 Å². The van der Waals surface area contributed by atoms with Gasteiger partial charge in [0.15, 0.2) is 11.7 Å². The molecule has 0 saturated carbocycles. The fourth-order valence-electron chi connectivity index (χ4n) is 3.12. The van der Waals surface area contributed by atoms with Crippen LogP contribution in [0.4, 0.5) is 23.2 Å². The smallest absolute Gasteiger partial charge is 0.369 e. The molecule has 2 heterocycles. The maximum atomic E-state index is 13.1. The lowest BCUT2D eigenvalue weighted by atomic mass is 10.2. The van der Waals surface area contributed by atoms with Crippen molar-refractivity contribution in [3.05, 3.63) is 46.2 Å². The molecule has 0 spiro atoms. The number of aliphatic imine (C=N–C) groups is 1. The molecule has 31 heavy (non-hydrogen) atoms. The summed E-state index contributed by atoms with van der Waals surface area (Å²) in [5.74, 6) is 0.282. The zero-order chi connectivity index (χ0) is 21.6. The fraction of sp³-hybridized carbons (Fsp3) is 0.474. The Bertz CT molecular complexity index is 835. The van der Waals surface area contributed by atoms with Gasteiger partial charge in [-0.05, 0) is 24.3 Å². The number of nitrogens with zero attached hydrogens (tertiary/aromatic N) is 4. The number of aromatic nitrogens is 1. The summed E-state index contributed by atoms with van der Waals surface area (Å²) in [7, 11) is 1.61. The molecule has 0 aliphatic carbocycles. The number of halogens is 5. The Morgan fingerprint density at radius 3 is 2.39 bits per heavy atom. The van der Waals surface area contributed by atoms with Crippen molar-refractivity contribution in [1.29, 1.82) is 0 Å². The number of benzene rings is 1. The number of nitrogens with one attached hydrogen (secondary N) is 2. The lowest BCUT2D eigenvalue weighted by molar-refractivity contribution is -0.140. The third-order valence-corrected chi connectivity index (χ3v) is 5.61. The fourth-order valence-corrected chi connectivity index (χ4v) is 3.86. The number of hydrogen-bond acceptors (Lipinski definition) is 5. The van der Waals surface area contributed by atoms with Gasteiger partial charge in [0.1, 0.15) is 10.8 Å². The van der Waals surface area contributed by atoms with Crippen molar-refractivity contribution in [2.24, 2.45) is 4.99 Å². The van der Waals surface area contributed by atoms with E-state index in [2.05, 4.69) is 30.4 Å². The first-order valence-electron chi connectivity index (χ1n) is 9.54. The second-order valence-corrected chi connectivity index (χ2v) is 7.72. The Morgan fingerprint density at radius 2 is 1.81 bits per heavy atom. The van der Waals surface area contributed by atoms with Crippen LogP contribution in [-0.4, -0.2) is 62.2 Å². The van der Waals surface area contributed by atoms with Crippen LogP contribution in [0.2, 0.25) is 0 Å². The molecule has 1 fully saturated rings. The van der Waals surface area contributed by atoms with Crippen molar-refractivity contribution in [3.63, 3.8) is 0 Å². The number of anilines is 1. The van der Waals surface area contributed by atoms with E-state index in [0.29, 0.717) is 17.5 Å². The van der Waals surface area contributed by atoms with E-state index in [-0.39, 0.29) is 36.3 Å². The highest BCUT2D eigenvalue weighted by Gasteiger charge is 2.33. The average molecular weight is 572 g/mol. The van der Waals surface area contributed by atoms with Crippen molar-refractivity contribution in [2.45, 2.75) is 12.7 Å². The normalized spacial score (nSPS) is 15.5. The minimum Gasteiger partial charge on any atom is -0.369 e. The lowest BCUT2D eigenvalue weighted by Gasteiger charge is -2.36. The van der Waals surface area contributed by atoms with E-state index in [4.69, 9.17) is 0 Å². The van der Waals surface area contributed by atoms with Gasteiger partial charge in [-0.25, -0.2) is 9.37 Å². The first-order chi connectivity index (χ1) is 14.3. The van der Waals surface area contributed by atoms with Crippen LogP contribution in [0.5, 0.6) is 0 Å². The van der Waals surface area contributed by atoms with Crippen molar-refractivity contribution in [3.8, 4) is 0 Å². The largest absolute Gasteiger partial charge is 0.434 e. The number of guanidine groups is 1. The second kappa shape index (κ2) is 11.8. The Balaban J connectivity index is 0.00000341. The number of piperazine rings is 1. The van der Waals surface area contributed by atoms with E-state index in [1.165, 1.54) is 12.1 Å². The molecule has 0 atom stereocenters. The maximum Gasteiger partial charge on any atom is 0.434 e. The van der Waals surface area contributed by atoms with Crippen LogP contribution in [0.3, 0.4) is 0 Å². The molecule has 3 rings (SSSR count). The molecule has 172 valence electrons. The molecule has 1 aromatic carbocycles. The van der Waals surface area contributed by atoms with E-state index < -0.39 is 11.9 Å². The number of alkyl halides is 3. The summed E-state index contributed by atoms with van der Waals surface area (Å²) in [4.78, 5) is 12.2. The van der Waals surface area contributed by atoms with E-state index >= 15 is 0 Å². The molecule has 1 aliphatic heterocycles. The van der Waals surface area contributed by atoms with Crippen molar-refractivity contribution >= 4 is 47.0 Å². The van der Waals surface area contributed by atoms with Crippen molar-refractivity contribution < 1.29 is 17.6 Å². The van der Waals surface area contributed by atoms with Gasteiger partial charge in [0, 0.05) is 57.4 Å². The quantitative estimate of drug-likeness (QED) is 0.241. The van der Waals surface area contributed by atoms with Gasteiger partial charge in [-0.15, -0.1) is 35.3 Å². The highest BCUT2D eigenvalue weighted by atomic mass is 127. The number of rotatable bonds is 6. The number of hydrogen-bond donors (Lipinski definition) is 2. The third-order valence-electron chi connectivity index (χ3n) is 4.76. The summed E-state index contributed by atoms with van der Waals surface area (Å²) in [5.41, 5.74) is 0.154. The van der Waals surface area contributed by atoms with Crippen LogP contribution < -0.4 is 15.5 Å². The Hall–Kier alpha value is -1.67. The van der Waals surface area contributed by atoms with Crippen LogP contribution in [0.15, 0.2) is 34.6 Å². The standard InChI is InChI=1S/C19H24F4N6S.HI/c1-24-18(26-12-17-27-16(13-30-17)19(21,22)23)25-6-7-28-8-10-29(11-9-28)15-4-2-14(20)3-5-15;/h2-5,13H,6-12H2,1H3,(H2,24,25,26);1H. The number of thiazole rings is 1. The second-order valence-electron chi connectivity index (χ2n) is 6.78. The topological polar surface area (TPSA) is 55.8 Å². The summed E-state index contributed by atoms with van der Waals surface area (Å²) in [6, 6.07) is 6.53. The van der Waals surface area contributed by atoms with Gasteiger partial charge in [0.05, 0.1) is 6.54 Å². The van der Waals surface area contributed by atoms with E-state index in [0.717, 1.165) is 55.1 Å². The summed E-state index contributed by atoms with van der Waals surface area (Å²) < 4.78 is 50.9. The summed E-state index contributed by atoms with van der Waals surface area (Å²) in [5, 5.41) is 7.52. The molecular formula is C19H25F4IN6S. The Labute approximate surface area is 199 Å². The zero-order valence-corrected chi connectivity index (χ0v) is 20.1. The van der Waals surface area contributed by atoms with E-state index in [1.807, 2.05) is 0 Å². The van der Waals surface area contributed by atoms with Gasteiger partial charge in [0.25, 0.3) is 0 Å². The molecule has 0 amide bonds. The Morgan fingerprint density at radius 1 is 1.13 bits per heavy atom. The van der Waals surface area contributed by atoms with Crippen LogP contribution in [-0.2, 0) is 12.7 Å². The van der Waals surface area contributed by atoms with Crippen LogP contribution in [0.25, 0.3) is 0 Å². The molecule has 2 N–H and O–H groups in total. The van der Waals surface area contributed by atoms with E-state index in [9.17, 15) is 17.6 Å². The highest BCUT2D eigenvalue weighted by Crippen LogP contribution is 2.29. The first-order valence-corrected chi connectivity index (χ1v) is 10.4. The third kappa shape index (κ3) is 7.75. The predicted octanol–water partition coefficient (Wildman–Crippen LogP) is 3.41. The minimum atomic E-state index is -4.42. The van der Waals surface area contributed by atoms with Gasteiger partial charge in [-0.3, -0.25) is 9.89 Å². The van der Waals surface area contributed by atoms with Crippen molar-refractivity contribution in [2.75, 3.05) is 51.2 Å². The average Bonchev–Trinajstić information content (AvgIpc) is 3.21. The van der Waals surface area contributed by atoms with Gasteiger partial charge in [-0.1, -0.05) is 0 Å². The molecule has 12 heteroatoms. The predicted molar refractivity (Wildman–Crippen MR) is 126 cm³/mol. The zero-order valence-electron chi connectivity index (χ0n) is 17.0. The van der Waals surface area contributed by atoms with Gasteiger partial charge in [-0.2, -0.15) is 13.2 Å². The van der Waals surface area contributed by atoms with Gasteiger partial charge in [0.2, 0.25) is 0 Å². The van der Waals surface area contributed by atoms with Crippen LogP contribution >= 0.6 is 35.3 Å². The summed E-state index contributed by atoms with van der Waals surface area (Å²) >= 11 is 0.964. The van der Waals surface area contributed by atoms with E-state index in [1.54, 1.807) is 19.2 Å². The molecule has 0 bridgehead atoms. The molecule has 0 radical (unpaired) electrons. The first kappa shape index (κ1) is 25.6. The molecule has 2 aromatic rings. The SMILES string of the molecule is CN=C(NCCN1CCN(c2ccc(F)cc2)CC1)NCc1nc(C(F)(F)F)cs1.I. The molecule has 0 unspecified atom stereocenters. The van der Waals surface area contributed by atoms with Gasteiger partial charge < -0.3 is 15.5 Å².